The molecular weight excluding hydrogens is 460 g/mol. The van der Waals surface area contributed by atoms with Crippen LogP contribution in [0.5, 0.6) is 0 Å². The molecule has 3 rings (SSSR count). The van der Waals surface area contributed by atoms with Crippen molar-refractivity contribution in [2.45, 2.75) is 24.7 Å². The van der Waals surface area contributed by atoms with Gasteiger partial charge in [-0.3, -0.25) is 9.52 Å². The highest BCUT2D eigenvalue weighted by molar-refractivity contribution is 9.10. The predicted octanol–water partition coefficient (Wildman–Crippen LogP) is 3.30. The van der Waals surface area contributed by atoms with Gasteiger partial charge in [-0.2, -0.15) is 4.98 Å². The van der Waals surface area contributed by atoms with Gasteiger partial charge in [-0.05, 0) is 55.8 Å². The molecule has 0 aliphatic carbocycles. The number of sulfonamides is 1. The number of nitrogens with one attached hydrogen (secondary N) is 2. The van der Waals surface area contributed by atoms with Crippen LogP contribution in [-0.4, -0.2) is 31.0 Å². The average Bonchev–Trinajstić information content (AvgIpc) is 3.10. The summed E-state index contributed by atoms with van der Waals surface area (Å²) in [6.07, 6.45) is 1.21. The van der Waals surface area contributed by atoms with Gasteiger partial charge in [-0.25, -0.2) is 8.42 Å². The zero-order valence-electron chi connectivity index (χ0n) is 15.6. The standard InChI is InChI=1S/C19H19BrN4O4S/c1-13-22-18(28-23-13)6-3-11-21-19(25)14-4-2-5-16(12-14)24-29(26,27)17-9-7-15(20)8-10-17/h2,4-5,7-10,12,24H,3,6,11H2,1H3,(H,21,25). The minimum Gasteiger partial charge on any atom is -0.352 e. The van der Waals surface area contributed by atoms with Crippen LogP contribution in [0, 0.1) is 6.92 Å². The van der Waals surface area contributed by atoms with Crippen molar-refractivity contribution in [1.29, 1.82) is 0 Å². The normalized spacial score (nSPS) is 11.2. The van der Waals surface area contributed by atoms with E-state index in [1.54, 1.807) is 37.3 Å². The van der Waals surface area contributed by atoms with E-state index in [0.717, 1.165) is 4.47 Å². The quantitative estimate of drug-likeness (QED) is 0.480. The lowest BCUT2D eigenvalue weighted by molar-refractivity contribution is 0.0953. The van der Waals surface area contributed by atoms with Crippen molar-refractivity contribution in [3.63, 3.8) is 0 Å². The molecule has 0 saturated carbocycles. The largest absolute Gasteiger partial charge is 0.352 e. The van der Waals surface area contributed by atoms with Crippen LogP contribution in [-0.2, 0) is 16.4 Å². The molecule has 0 fully saturated rings. The lowest BCUT2D eigenvalue weighted by atomic mass is 10.2. The highest BCUT2D eigenvalue weighted by Gasteiger charge is 2.15. The third kappa shape index (κ3) is 5.88. The maximum atomic E-state index is 12.5. The van der Waals surface area contributed by atoms with E-state index in [0.29, 0.717) is 42.4 Å². The fourth-order valence-corrected chi connectivity index (χ4v) is 3.85. The zero-order chi connectivity index (χ0) is 20.9. The summed E-state index contributed by atoms with van der Waals surface area (Å²) in [4.78, 5) is 16.6. The Kier molecular flexibility index (Phi) is 6.65. The minimum absolute atomic E-state index is 0.131. The first kappa shape index (κ1) is 21.0. The molecule has 152 valence electrons. The second-order valence-corrected chi connectivity index (χ2v) is 8.83. The van der Waals surface area contributed by atoms with Crippen LogP contribution in [0.4, 0.5) is 5.69 Å². The van der Waals surface area contributed by atoms with Gasteiger partial charge in [0, 0.05) is 28.7 Å². The summed E-state index contributed by atoms with van der Waals surface area (Å²) in [5.41, 5.74) is 0.663. The Labute approximate surface area is 176 Å². The zero-order valence-corrected chi connectivity index (χ0v) is 18.0. The predicted molar refractivity (Wildman–Crippen MR) is 111 cm³/mol. The molecule has 1 heterocycles. The summed E-state index contributed by atoms with van der Waals surface area (Å²) in [6.45, 7) is 2.17. The number of halogens is 1. The summed E-state index contributed by atoms with van der Waals surface area (Å²) in [6, 6.07) is 12.6. The molecule has 0 atom stereocenters. The van der Waals surface area contributed by atoms with Crippen LogP contribution in [0.25, 0.3) is 0 Å². The lowest BCUT2D eigenvalue weighted by Crippen LogP contribution is -2.25. The number of carbonyl (C=O) groups excluding carboxylic acids is 1. The van der Waals surface area contributed by atoms with E-state index in [1.807, 2.05) is 0 Å². The molecule has 2 aromatic carbocycles. The maximum Gasteiger partial charge on any atom is 0.261 e. The van der Waals surface area contributed by atoms with Crippen molar-refractivity contribution >= 4 is 37.5 Å². The Hall–Kier alpha value is -2.72. The van der Waals surface area contributed by atoms with Crippen molar-refractivity contribution < 1.29 is 17.7 Å². The highest BCUT2D eigenvalue weighted by Crippen LogP contribution is 2.19. The van der Waals surface area contributed by atoms with Gasteiger partial charge in [-0.15, -0.1) is 0 Å². The molecule has 2 N–H and O–H groups in total. The molecular formula is C19H19BrN4O4S. The Morgan fingerprint density at radius 2 is 1.93 bits per heavy atom. The highest BCUT2D eigenvalue weighted by atomic mass is 79.9. The number of hydrogen-bond donors (Lipinski definition) is 2. The van der Waals surface area contributed by atoms with E-state index in [4.69, 9.17) is 4.52 Å². The number of anilines is 1. The minimum atomic E-state index is -3.75. The third-order valence-electron chi connectivity index (χ3n) is 3.92. The van der Waals surface area contributed by atoms with Gasteiger partial charge >= 0.3 is 0 Å². The van der Waals surface area contributed by atoms with Crippen LogP contribution >= 0.6 is 15.9 Å². The van der Waals surface area contributed by atoms with Crippen LogP contribution in [0.3, 0.4) is 0 Å². The van der Waals surface area contributed by atoms with Crippen molar-refractivity contribution in [2.75, 3.05) is 11.3 Å². The topological polar surface area (TPSA) is 114 Å². The first-order valence-electron chi connectivity index (χ1n) is 8.79. The van der Waals surface area contributed by atoms with Gasteiger partial charge in [0.2, 0.25) is 5.89 Å². The van der Waals surface area contributed by atoms with Crippen LogP contribution < -0.4 is 10.0 Å². The van der Waals surface area contributed by atoms with Gasteiger partial charge in [0.1, 0.15) is 0 Å². The average molecular weight is 479 g/mol. The number of aryl methyl sites for hydroxylation is 2. The monoisotopic (exact) mass is 478 g/mol. The summed E-state index contributed by atoms with van der Waals surface area (Å²) in [5, 5.41) is 6.50. The lowest BCUT2D eigenvalue weighted by Gasteiger charge is -2.10. The van der Waals surface area contributed by atoms with E-state index in [9.17, 15) is 13.2 Å². The Morgan fingerprint density at radius 1 is 1.17 bits per heavy atom. The Balaban J connectivity index is 1.58. The second kappa shape index (κ2) is 9.19. The fourth-order valence-electron chi connectivity index (χ4n) is 2.54. The molecule has 3 aromatic rings. The van der Waals surface area contributed by atoms with Gasteiger partial charge in [0.25, 0.3) is 15.9 Å². The molecule has 0 spiro atoms. The van der Waals surface area contributed by atoms with Crippen LogP contribution in [0.2, 0.25) is 0 Å². The van der Waals surface area contributed by atoms with Gasteiger partial charge in [0.15, 0.2) is 5.82 Å². The molecule has 1 aromatic heterocycles. The number of rotatable bonds is 8. The molecule has 8 nitrogen and oxygen atoms in total. The smallest absolute Gasteiger partial charge is 0.261 e. The van der Waals surface area contributed by atoms with Crippen LogP contribution in [0.15, 0.2) is 62.4 Å². The Morgan fingerprint density at radius 3 is 2.62 bits per heavy atom. The van der Waals surface area contributed by atoms with E-state index in [1.165, 1.54) is 18.2 Å². The van der Waals surface area contributed by atoms with Crippen molar-refractivity contribution in [2.24, 2.45) is 0 Å². The molecule has 10 heteroatoms. The molecule has 0 aliphatic heterocycles. The molecule has 0 saturated heterocycles. The SMILES string of the molecule is Cc1noc(CCCNC(=O)c2cccc(NS(=O)(=O)c3ccc(Br)cc3)c2)n1. The number of carbonyl (C=O) groups is 1. The van der Waals surface area contributed by atoms with Crippen LogP contribution in [0.1, 0.15) is 28.5 Å². The number of amides is 1. The number of nitrogens with zero attached hydrogens (tertiary/aromatic N) is 2. The number of aromatic nitrogens is 2. The summed E-state index contributed by atoms with van der Waals surface area (Å²) in [7, 11) is -3.75. The van der Waals surface area contributed by atoms with E-state index in [-0.39, 0.29) is 10.8 Å². The first-order valence-corrected chi connectivity index (χ1v) is 11.1. The summed E-state index contributed by atoms with van der Waals surface area (Å²) >= 11 is 3.27. The summed E-state index contributed by atoms with van der Waals surface area (Å²) in [5.74, 6) is 0.809. The summed E-state index contributed by atoms with van der Waals surface area (Å²) < 4.78 is 33.3. The fraction of sp³-hybridized carbons (Fsp3) is 0.211. The molecule has 0 bridgehead atoms. The third-order valence-corrected chi connectivity index (χ3v) is 5.85. The first-order chi connectivity index (χ1) is 13.8. The Bertz CT molecular complexity index is 1100. The molecule has 0 unspecified atom stereocenters. The van der Waals surface area contributed by atoms with E-state index in [2.05, 4.69) is 36.1 Å². The maximum absolute atomic E-state index is 12.5. The molecule has 29 heavy (non-hydrogen) atoms. The van der Waals surface area contributed by atoms with Gasteiger partial charge in [-0.1, -0.05) is 27.2 Å². The number of benzene rings is 2. The van der Waals surface area contributed by atoms with E-state index < -0.39 is 10.0 Å². The second-order valence-electron chi connectivity index (χ2n) is 6.24. The van der Waals surface area contributed by atoms with Gasteiger partial charge in [0.05, 0.1) is 4.90 Å². The molecule has 0 radical (unpaired) electrons. The van der Waals surface area contributed by atoms with Gasteiger partial charge < -0.3 is 9.84 Å². The molecule has 1 amide bonds. The number of hydrogen-bond acceptors (Lipinski definition) is 6. The van der Waals surface area contributed by atoms with Crippen molar-refractivity contribution in [1.82, 2.24) is 15.5 Å². The molecule has 0 aliphatic rings. The van der Waals surface area contributed by atoms with Crippen molar-refractivity contribution in [3.8, 4) is 0 Å². The van der Waals surface area contributed by atoms with E-state index >= 15 is 0 Å². The van der Waals surface area contributed by atoms with Crippen molar-refractivity contribution in [3.05, 3.63) is 70.3 Å².